The van der Waals surface area contributed by atoms with E-state index >= 15 is 0 Å². The van der Waals surface area contributed by atoms with Crippen LogP contribution in [0.2, 0.25) is 0 Å². The first-order chi connectivity index (χ1) is 15.7. The van der Waals surface area contributed by atoms with Crippen LogP contribution in [0.25, 0.3) is 10.9 Å². The summed E-state index contributed by atoms with van der Waals surface area (Å²) in [6, 6.07) is 15.9. The monoisotopic (exact) mass is 431 g/mol. The number of hydrogen-bond donors (Lipinski definition) is 1. The van der Waals surface area contributed by atoms with Crippen LogP contribution in [-0.4, -0.2) is 66.0 Å². The second kappa shape index (κ2) is 9.17. The molecule has 3 aromatic rings. The van der Waals surface area contributed by atoms with Crippen molar-refractivity contribution < 1.29 is 14.3 Å². The van der Waals surface area contributed by atoms with Crippen molar-refractivity contribution >= 4 is 22.7 Å². The predicted octanol–water partition coefficient (Wildman–Crippen LogP) is 3.74. The van der Waals surface area contributed by atoms with Gasteiger partial charge in [-0.3, -0.25) is 9.59 Å². The summed E-state index contributed by atoms with van der Waals surface area (Å²) in [5.41, 5.74) is 3.78. The van der Waals surface area contributed by atoms with Crippen molar-refractivity contribution in [2.75, 3.05) is 39.4 Å². The molecule has 0 saturated carbocycles. The van der Waals surface area contributed by atoms with Crippen molar-refractivity contribution in [1.82, 2.24) is 14.8 Å². The van der Waals surface area contributed by atoms with Crippen molar-refractivity contribution in [2.45, 2.75) is 19.3 Å². The first kappa shape index (κ1) is 20.8. The number of hydrogen-bond acceptors (Lipinski definition) is 3. The number of nitrogens with one attached hydrogen (secondary N) is 1. The van der Waals surface area contributed by atoms with Crippen LogP contribution in [0.1, 0.15) is 39.1 Å². The molecule has 1 aromatic heterocycles. The van der Waals surface area contributed by atoms with Gasteiger partial charge in [-0.15, -0.1) is 0 Å². The molecular formula is C26H29N3O3. The van der Waals surface area contributed by atoms with E-state index in [4.69, 9.17) is 4.74 Å². The van der Waals surface area contributed by atoms with Gasteiger partial charge in [0, 0.05) is 54.4 Å². The molecule has 2 amide bonds. The molecule has 3 heterocycles. The van der Waals surface area contributed by atoms with Crippen molar-refractivity contribution in [3.05, 3.63) is 71.4 Å². The molecular weight excluding hydrogens is 402 g/mol. The summed E-state index contributed by atoms with van der Waals surface area (Å²) in [4.78, 5) is 32.7. The number of nitrogens with zero attached hydrogens (tertiary/aromatic N) is 2. The van der Waals surface area contributed by atoms with Gasteiger partial charge in [0.05, 0.1) is 13.2 Å². The van der Waals surface area contributed by atoms with E-state index in [1.165, 1.54) is 5.56 Å². The Labute approximate surface area is 188 Å². The van der Waals surface area contributed by atoms with Crippen molar-refractivity contribution in [1.29, 1.82) is 0 Å². The first-order valence-electron chi connectivity index (χ1n) is 11.5. The molecule has 2 aliphatic rings. The highest BCUT2D eigenvalue weighted by atomic mass is 16.5. The van der Waals surface area contributed by atoms with Crippen LogP contribution in [0.15, 0.2) is 54.7 Å². The Balaban J connectivity index is 1.16. The third kappa shape index (κ3) is 4.28. The minimum Gasteiger partial charge on any atom is -0.378 e. The number of carbonyl (C=O) groups is 2. The second-order valence-electron chi connectivity index (χ2n) is 8.79. The smallest absolute Gasteiger partial charge is 0.254 e. The topological polar surface area (TPSA) is 65.6 Å². The molecule has 0 unspecified atom stereocenters. The summed E-state index contributed by atoms with van der Waals surface area (Å²) in [5, 5.41) is 0.992. The lowest BCUT2D eigenvalue weighted by molar-refractivity contribution is 0.0303. The standard InChI is InChI=1S/C26H29N3O3/c30-25(29-14-16-32-17-15-29)21-6-4-19(5-7-21)18-20-9-12-28(13-10-20)26(31)23-2-1-3-24-22(23)8-11-27-24/h1-8,11,20,27H,9-10,12-18H2. The minimum absolute atomic E-state index is 0.0871. The molecule has 0 bridgehead atoms. The fraction of sp³-hybridized carbons (Fsp3) is 0.385. The number of morpholine rings is 1. The number of benzene rings is 2. The normalized spacial score (nSPS) is 17.6. The van der Waals surface area contributed by atoms with Crippen LogP contribution in [0.5, 0.6) is 0 Å². The SMILES string of the molecule is O=C(c1ccc(CC2CCN(C(=O)c3cccc4[nH]ccc34)CC2)cc1)N1CCOCC1. The molecule has 2 aliphatic heterocycles. The Morgan fingerprint density at radius 1 is 0.875 bits per heavy atom. The Morgan fingerprint density at radius 2 is 1.59 bits per heavy atom. The lowest BCUT2D eigenvalue weighted by Gasteiger charge is -2.32. The summed E-state index contributed by atoms with van der Waals surface area (Å²) in [5.74, 6) is 0.770. The molecule has 5 rings (SSSR count). The van der Waals surface area contributed by atoms with E-state index in [1.807, 2.05) is 52.4 Å². The summed E-state index contributed by atoms with van der Waals surface area (Å²) in [7, 11) is 0. The Kier molecular flexibility index (Phi) is 5.95. The molecule has 166 valence electrons. The predicted molar refractivity (Wildman–Crippen MR) is 124 cm³/mol. The highest BCUT2D eigenvalue weighted by Crippen LogP contribution is 2.25. The summed E-state index contributed by atoms with van der Waals surface area (Å²) in [6.07, 6.45) is 4.88. The average molecular weight is 432 g/mol. The number of piperidine rings is 1. The number of H-pyrrole nitrogens is 1. The van der Waals surface area contributed by atoms with Gasteiger partial charge in [-0.25, -0.2) is 0 Å². The third-order valence-corrected chi connectivity index (χ3v) is 6.75. The molecule has 6 heteroatoms. The lowest BCUT2D eigenvalue weighted by Crippen LogP contribution is -2.40. The van der Waals surface area contributed by atoms with Gasteiger partial charge in [0.1, 0.15) is 0 Å². The Morgan fingerprint density at radius 3 is 2.34 bits per heavy atom. The average Bonchev–Trinajstić information content (AvgIpc) is 3.34. The fourth-order valence-corrected chi connectivity index (χ4v) is 4.85. The number of carbonyl (C=O) groups excluding carboxylic acids is 2. The molecule has 1 N–H and O–H groups in total. The van der Waals surface area contributed by atoms with Crippen LogP contribution >= 0.6 is 0 Å². The fourth-order valence-electron chi connectivity index (χ4n) is 4.85. The number of aromatic amines is 1. The number of likely N-dealkylation sites (tertiary alicyclic amines) is 1. The van der Waals surface area contributed by atoms with Crippen LogP contribution in [0.4, 0.5) is 0 Å². The Hall–Kier alpha value is -3.12. The van der Waals surface area contributed by atoms with Gasteiger partial charge < -0.3 is 19.5 Å². The van der Waals surface area contributed by atoms with Gasteiger partial charge in [-0.1, -0.05) is 18.2 Å². The van der Waals surface area contributed by atoms with Crippen LogP contribution in [0.3, 0.4) is 0 Å². The second-order valence-corrected chi connectivity index (χ2v) is 8.79. The summed E-state index contributed by atoms with van der Waals surface area (Å²) >= 11 is 0. The Bertz CT molecular complexity index is 1090. The molecule has 2 saturated heterocycles. The van der Waals surface area contributed by atoms with E-state index in [9.17, 15) is 9.59 Å². The summed E-state index contributed by atoms with van der Waals surface area (Å²) < 4.78 is 5.33. The largest absolute Gasteiger partial charge is 0.378 e. The van der Waals surface area contributed by atoms with Gasteiger partial charge in [0.2, 0.25) is 0 Å². The molecule has 6 nitrogen and oxygen atoms in total. The molecule has 32 heavy (non-hydrogen) atoms. The quantitative estimate of drug-likeness (QED) is 0.685. The van der Waals surface area contributed by atoms with E-state index in [0.717, 1.165) is 54.4 Å². The number of amides is 2. The van der Waals surface area contributed by atoms with Gasteiger partial charge >= 0.3 is 0 Å². The van der Waals surface area contributed by atoms with Gasteiger partial charge in [-0.2, -0.15) is 0 Å². The molecule has 2 fully saturated rings. The number of rotatable bonds is 4. The third-order valence-electron chi connectivity index (χ3n) is 6.75. The lowest BCUT2D eigenvalue weighted by atomic mass is 9.89. The molecule has 2 aromatic carbocycles. The van der Waals surface area contributed by atoms with E-state index in [2.05, 4.69) is 17.1 Å². The molecule has 0 spiro atoms. The maximum absolute atomic E-state index is 13.1. The maximum Gasteiger partial charge on any atom is 0.254 e. The molecule has 0 atom stereocenters. The van der Waals surface area contributed by atoms with Crippen LogP contribution < -0.4 is 0 Å². The highest BCUT2D eigenvalue weighted by Gasteiger charge is 2.25. The highest BCUT2D eigenvalue weighted by molar-refractivity contribution is 6.06. The van der Waals surface area contributed by atoms with Crippen molar-refractivity contribution in [2.24, 2.45) is 5.92 Å². The maximum atomic E-state index is 13.1. The number of ether oxygens (including phenoxy) is 1. The van der Waals surface area contributed by atoms with Gasteiger partial charge in [-0.05, 0) is 61.1 Å². The van der Waals surface area contributed by atoms with Gasteiger partial charge in [0.15, 0.2) is 0 Å². The van der Waals surface area contributed by atoms with Crippen LogP contribution in [-0.2, 0) is 11.2 Å². The van der Waals surface area contributed by atoms with Crippen LogP contribution in [0, 0.1) is 5.92 Å². The zero-order chi connectivity index (χ0) is 21.9. The number of fused-ring (bicyclic) bond motifs is 1. The van der Waals surface area contributed by atoms with E-state index in [-0.39, 0.29) is 11.8 Å². The summed E-state index contributed by atoms with van der Waals surface area (Å²) in [6.45, 7) is 4.14. The van der Waals surface area contributed by atoms with Crippen molar-refractivity contribution in [3.63, 3.8) is 0 Å². The van der Waals surface area contributed by atoms with Gasteiger partial charge in [0.25, 0.3) is 11.8 Å². The molecule has 0 radical (unpaired) electrons. The van der Waals surface area contributed by atoms with E-state index in [1.54, 1.807) is 0 Å². The zero-order valence-electron chi connectivity index (χ0n) is 18.3. The first-order valence-corrected chi connectivity index (χ1v) is 11.5. The molecule has 0 aliphatic carbocycles. The minimum atomic E-state index is 0.0871. The number of aromatic nitrogens is 1. The zero-order valence-corrected chi connectivity index (χ0v) is 18.3. The van der Waals surface area contributed by atoms with E-state index < -0.39 is 0 Å². The van der Waals surface area contributed by atoms with Crippen molar-refractivity contribution in [3.8, 4) is 0 Å². The van der Waals surface area contributed by atoms with E-state index in [0.29, 0.717) is 32.2 Å².